The Kier molecular flexibility index (Phi) is 4.88. The maximum atomic E-state index is 12.1. The maximum Gasteiger partial charge on any atom is 0.206 e. The predicted molar refractivity (Wildman–Crippen MR) is 72.9 cm³/mol. The van der Waals surface area contributed by atoms with Crippen molar-refractivity contribution < 1.29 is 8.42 Å². The molecule has 0 fully saturated rings. The first-order chi connectivity index (χ1) is 8.60. The van der Waals surface area contributed by atoms with Crippen LogP contribution in [0.4, 0.5) is 5.69 Å². The van der Waals surface area contributed by atoms with Gasteiger partial charge in [0.15, 0.2) is 0 Å². The van der Waals surface area contributed by atoms with E-state index in [1.54, 1.807) is 42.5 Å². The fourth-order valence-corrected chi connectivity index (χ4v) is 2.66. The molecule has 4 N–H and O–H groups in total. The first-order valence-corrected chi connectivity index (χ1v) is 6.82. The van der Waals surface area contributed by atoms with E-state index >= 15 is 0 Å². The number of benzene rings is 2. The van der Waals surface area contributed by atoms with Crippen molar-refractivity contribution in [2.24, 2.45) is 5.73 Å². The van der Waals surface area contributed by atoms with E-state index in [-0.39, 0.29) is 4.90 Å². The van der Waals surface area contributed by atoms with E-state index in [0.29, 0.717) is 10.6 Å². The van der Waals surface area contributed by atoms with Crippen molar-refractivity contribution in [3.8, 4) is 0 Å². The van der Waals surface area contributed by atoms with Crippen LogP contribution in [0.3, 0.4) is 0 Å². The molecule has 0 aliphatic carbocycles. The first-order valence-electron chi connectivity index (χ1n) is 5.34. The van der Waals surface area contributed by atoms with Crippen LogP contribution in [-0.2, 0) is 9.84 Å². The van der Waals surface area contributed by atoms with Crippen LogP contribution in [-0.4, -0.2) is 15.5 Å². The third-order valence-corrected chi connectivity index (χ3v) is 4.03. The molecule has 0 atom stereocenters. The van der Waals surface area contributed by atoms with Gasteiger partial charge in [0.25, 0.3) is 0 Å². The molecule has 96 valence electrons. The lowest BCUT2D eigenvalue weighted by Gasteiger charge is -2.04. The number of anilines is 1. The summed E-state index contributed by atoms with van der Waals surface area (Å²) in [6.07, 6.45) is 0. The van der Waals surface area contributed by atoms with Crippen LogP contribution in [0.2, 0.25) is 0 Å². The number of nitrogen functional groups attached to an aromatic ring is 1. The second kappa shape index (κ2) is 6.18. The Morgan fingerprint density at radius 1 is 0.778 bits per heavy atom. The quantitative estimate of drug-likeness (QED) is 0.808. The van der Waals surface area contributed by atoms with Crippen molar-refractivity contribution in [2.45, 2.75) is 9.79 Å². The Bertz CT molecular complexity index is 578. The van der Waals surface area contributed by atoms with E-state index in [1.807, 2.05) is 0 Å². The molecule has 0 aromatic heterocycles. The van der Waals surface area contributed by atoms with Crippen molar-refractivity contribution in [2.75, 3.05) is 12.8 Å². The Morgan fingerprint density at radius 3 is 1.72 bits per heavy atom. The molecule has 5 heteroatoms. The summed E-state index contributed by atoms with van der Waals surface area (Å²) in [5.74, 6) is 0. The number of sulfone groups is 1. The normalized spacial score (nSPS) is 10.3. The lowest BCUT2D eigenvalue weighted by atomic mass is 10.3. The molecule has 4 nitrogen and oxygen atoms in total. The molecule has 18 heavy (non-hydrogen) atoms. The average Bonchev–Trinajstić information content (AvgIpc) is 2.42. The Hall–Kier alpha value is -1.85. The third-order valence-electron chi connectivity index (χ3n) is 2.24. The smallest absolute Gasteiger partial charge is 0.206 e. The Morgan fingerprint density at radius 2 is 1.22 bits per heavy atom. The maximum absolute atomic E-state index is 12.1. The molecule has 0 spiro atoms. The zero-order chi connectivity index (χ0) is 13.6. The molecule has 0 saturated heterocycles. The molecule has 2 rings (SSSR count). The molecule has 0 aliphatic heterocycles. The van der Waals surface area contributed by atoms with Crippen LogP contribution in [0, 0.1) is 0 Å². The average molecular weight is 264 g/mol. The van der Waals surface area contributed by atoms with Gasteiger partial charge in [-0.1, -0.05) is 18.2 Å². The topological polar surface area (TPSA) is 86.2 Å². The van der Waals surface area contributed by atoms with Crippen LogP contribution in [0.1, 0.15) is 0 Å². The van der Waals surface area contributed by atoms with Gasteiger partial charge >= 0.3 is 0 Å². The van der Waals surface area contributed by atoms with Crippen LogP contribution in [0.5, 0.6) is 0 Å². The second-order valence-corrected chi connectivity index (χ2v) is 5.34. The summed E-state index contributed by atoms with van der Waals surface area (Å²) in [5, 5.41) is 0. The number of hydrogen-bond donors (Lipinski definition) is 2. The van der Waals surface area contributed by atoms with Crippen molar-refractivity contribution >= 4 is 15.5 Å². The van der Waals surface area contributed by atoms with Gasteiger partial charge in [-0.3, -0.25) is 0 Å². The van der Waals surface area contributed by atoms with Gasteiger partial charge in [0.2, 0.25) is 9.84 Å². The lowest BCUT2D eigenvalue weighted by molar-refractivity contribution is 0.596. The van der Waals surface area contributed by atoms with Crippen LogP contribution >= 0.6 is 0 Å². The number of rotatable bonds is 2. The van der Waals surface area contributed by atoms with E-state index < -0.39 is 9.84 Å². The zero-order valence-corrected chi connectivity index (χ0v) is 10.9. The fraction of sp³-hybridized carbons (Fsp3) is 0.0769. The van der Waals surface area contributed by atoms with Crippen molar-refractivity contribution in [3.63, 3.8) is 0 Å². The summed E-state index contributed by atoms with van der Waals surface area (Å²) in [7, 11) is -1.91. The van der Waals surface area contributed by atoms with Crippen LogP contribution < -0.4 is 11.5 Å². The van der Waals surface area contributed by atoms with Gasteiger partial charge in [0, 0.05) is 5.69 Å². The van der Waals surface area contributed by atoms with Gasteiger partial charge in [-0.2, -0.15) is 0 Å². The van der Waals surface area contributed by atoms with E-state index in [9.17, 15) is 8.42 Å². The Balaban J connectivity index is 0.000000771. The Labute approximate surface area is 107 Å². The van der Waals surface area contributed by atoms with Crippen LogP contribution in [0.25, 0.3) is 0 Å². The van der Waals surface area contributed by atoms with E-state index in [0.717, 1.165) is 0 Å². The van der Waals surface area contributed by atoms with Gasteiger partial charge in [-0.15, -0.1) is 0 Å². The fourth-order valence-electron chi connectivity index (χ4n) is 1.38. The van der Waals surface area contributed by atoms with Crippen molar-refractivity contribution in [1.82, 2.24) is 0 Å². The van der Waals surface area contributed by atoms with Crippen molar-refractivity contribution in [1.29, 1.82) is 0 Å². The summed E-state index contributed by atoms with van der Waals surface area (Å²) in [6, 6.07) is 14.5. The minimum Gasteiger partial charge on any atom is -0.399 e. The molecule has 0 radical (unpaired) electrons. The highest BCUT2D eigenvalue weighted by Crippen LogP contribution is 2.20. The van der Waals surface area contributed by atoms with Gasteiger partial charge < -0.3 is 11.5 Å². The highest BCUT2D eigenvalue weighted by atomic mass is 32.2. The number of hydrogen-bond acceptors (Lipinski definition) is 4. The molecule has 2 aromatic carbocycles. The van der Waals surface area contributed by atoms with E-state index in [1.165, 1.54) is 19.2 Å². The van der Waals surface area contributed by atoms with Gasteiger partial charge in [0.05, 0.1) is 9.79 Å². The molecule has 0 bridgehead atoms. The second-order valence-electron chi connectivity index (χ2n) is 3.39. The minimum atomic E-state index is -3.41. The lowest BCUT2D eigenvalue weighted by Crippen LogP contribution is -2.01. The molecule has 0 saturated carbocycles. The molecule has 2 aromatic rings. The molecule has 0 amide bonds. The minimum absolute atomic E-state index is 0.257. The third kappa shape index (κ3) is 3.09. The summed E-state index contributed by atoms with van der Waals surface area (Å²) in [6.45, 7) is 0. The van der Waals surface area contributed by atoms with Gasteiger partial charge in [-0.05, 0) is 43.4 Å². The largest absolute Gasteiger partial charge is 0.399 e. The summed E-state index contributed by atoms with van der Waals surface area (Å²) in [5.41, 5.74) is 10.6. The summed E-state index contributed by atoms with van der Waals surface area (Å²) in [4.78, 5) is 0.549. The highest BCUT2D eigenvalue weighted by Gasteiger charge is 2.16. The summed E-state index contributed by atoms with van der Waals surface area (Å²) < 4.78 is 24.2. The molecule has 0 aliphatic rings. The first kappa shape index (κ1) is 14.2. The highest BCUT2D eigenvalue weighted by molar-refractivity contribution is 7.91. The van der Waals surface area contributed by atoms with E-state index in [2.05, 4.69) is 5.73 Å². The molecular weight excluding hydrogens is 248 g/mol. The molecule has 0 heterocycles. The molecular formula is C13H16N2O2S. The van der Waals surface area contributed by atoms with Gasteiger partial charge in [0.1, 0.15) is 0 Å². The van der Waals surface area contributed by atoms with Crippen LogP contribution in [0.15, 0.2) is 64.4 Å². The SMILES string of the molecule is CN.Nc1ccc(S(=O)(=O)c2ccccc2)cc1. The monoisotopic (exact) mass is 264 g/mol. The zero-order valence-electron chi connectivity index (χ0n) is 10.1. The predicted octanol–water partition coefficient (Wildman–Crippen LogP) is 1.68. The van der Waals surface area contributed by atoms with Gasteiger partial charge in [-0.25, -0.2) is 8.42 Å². The van der Waals surface area contributed by atoms with Crippen molar-refractivity contribution in [3.05, 3.63) is 54.6 Å². The molecule has 0 unspecified atom stereocenters. The van der Waals surface area contributed by atoms with E-state index in [4.69, 9.17) is 5.73 Å². The number of nitrogens with two attached hydrogens (primary N) is 2. The standard InChI is InChI=1S/C12H11NO2S.CH5N/c13-10-6-8-12(9-7-10)16(14,15)11-4-2-1-3-5-11;1-2/h1-9H,13H2;2H2,1H3. The summed E-state index contributed by atoms with van der Waals surface area (Å²) >= 11 is 0.